The van der Waals surface area contributed by atoms with Crippen molar-refractivity contribution < 1.29 is 9.53 Å². The molecule has 1 heterocycles. The van der Waals surface area contributed by atoms with Crippen LogP contribution in [0.3, 0.4) is 0 Å². The summed E-state index contributed by atoms with van der Waals surface area (Å²) >= 11 is 0. The Labute approximate surface area is 118 Å². The molecule has 0 unspecified atom stereocenters. The molecule has 19 heavy (non-hydrogen) atoms. The Morgan fingerprint density at radius 1 is 0.947 bits per heavy atom. The van der Waals surface area contributed by atoms with Gasteiger partial charge in [-0.2, -0.15) is 0 Å². The molecule has 1 fully saturated rings. The third-order valence-electron chi connectivity index (χ3n) is 3.64. The van der Waals surface area contributed by atoms with Gasteiger partial charge in [-0.3, -0.25) is 0 Å². The van der Waals surface area contributed by atoms with E-state index in [1.54, 1.807) is 6.07 Å². The molecule has 0 spiro atoms. The summed E-state index contributed by atoms with van der Waals surface area (Å²) < 4.78 is 5.18. The number of cyclic esters (lactones) is 1. The van der Waals surface area contributed by atoms with Gasteiger partial charge in [-0.05, 0) is 19.9 Å². The zero-order chi connectivity index (χ0) is 13.0. The van der Waals surface area contributed by atoms with E-state index in [0.717, 1.165) is 5.56 Å². The molecule has 1 aliphatic carbocycles. The highest BCUT2D eigenvalue weighted by Crippen LogP contribution is 2.35. The lowest BCUT2D eigenvalue weighted by Crippen LogP contribution is -2.15. The molecular weight excluding hydrogens is 235 g/mol. The zero-order valence-corrected chi connectivity index (χ0v) is 11.9. The lowest BCUT2D eigenvalue weighted by Gasteiger charge is -2.16. The van der Waals surface area contributed by atoms with E-state index >= 15 is 0 Å². The first-order valence-corrected chi connectivity index (χ1v) is 6.94. The van der Waals surface area contributed by atoms with Gasteiger partial charge in [0.25, 0.3) is 0 Å². The summed E-state index contributed by atoms with van der Waals surface area (Å²) in [6.07, 6.45) is 9.00. The summed E-state index contributed by atoms with van der Waals surface area (Å²) in [7, 11) is 0. The molecule has 1 aliphatic heterocycles. The molecule has 0 atom stereocenters. The van der Waals surface area contributed by atoms with E-state index in [0.29, 0.717) is 5.56 Å². The number of hydrogen-bond donors (Lipinski definition) is 0. The predicted octanol–water partition coefficient (Wildman–Crippen LogP) is 4.05. The second kappa shape index (κ2) is 6.79. The molecule has 1 aromatic rings. The quantitative estimate of drug-likeness (QED) is 0.517. The normalized spacial score (nSPS) is 19.4. The first-order chi connectivity index (χ1) is 8.61. The molecule has 101 valence electrons. The van der Waals surface area contributed by atoms with Crippen LogP contribution in [-0.4, -0.2) is 14.4 Å². The van der Waals surface area contributed by atoms with Crippen molar-refractivity contribution in [3.8, 4) is 0 Å². The van der Waals surface area contributed by atoms with Gasteiger partial charge in [0, 0.05) is 14.0 Å². The third-order valence-corrected chi connectivity index (χ3v) is 3.64. The first-order valence-electron chi connectivity index (χ1n) is 6.94. The van der Waals surface area contributed by atoms with Crippen molar-refractivity contribution in [2.45, 2.75) is 58.0 Å². The van der Waals surface area contributed by atoms with Crippen molar-refractivity contribution in [1.82, 2.24) is 0 Å². The number of rotatable bonds is 0. The van der Waals surface area contributed by atoms with Crippen LogP contribution in [0.15, 0.2) is 24.3 Å². The van der Waals surface area contributed by atoms with E-state index in [1.807, 2.05) is 32.0 Å². The minimum atomic E-state index is -0.451. The average molecular weight is 257 g/mol. The Morgan fingerprint density at radius 3 is 1.89 bits per heavy atom. The van der Waals surface area contributed by atoms with E-state index in [1.165, 1.54) is 38.5 Å². The fraction of sp³-hybridized carbons (Fsp3) is 0.562. The summed E-state index contributed by atoms with van der Waals surface area (Å²) in [5.41, 5.74) is 1.23. The SMILES string of the molecule is C1CCCCC1.CC1(C)OC(=O)c2ccccc21.[B]. The van der Waals surface area contributed by atoms with Crippen LogP contribution in [0.25, 0.3) is 0 Å². The number of carbonyl (C=O) groups excluding carboxylic acids is 1. The molecule has 3 heteroatoms. The van der Waals surface area contributed by atoms with Crippen molar-refractivity contribution in [2.75, 3.05) is 0 Å². The fourth-order valence-corrected chi connectivity index (χ4v) is 2.59. The molecular formula is C16H22BO2. The maximum atomic E-state index is 11.3. The topological polar surface area (TPSA) is 26.3 Å². The average Bonchev–Trinajstić information content (AvgIpc) is 2.64. The summed E-state index contributed by atoms with van der Waals surface area (Å²) in [5.74, 6) is -0.212. The number of carbonyl (C=O) groups is 1. The monoisotopic (exact) mass is 257 g/mol. The summed E-state index contributed by atoms with van der Waals surface area (Å²) in [6, 6.07) is 7.50. The van der Waals surface area contributed by atoms with Gasteiger partial charge in [-0.25, -0.2) is 4.79 Å². The minimum absolute atomic E-state index is 0. The number of esters is 1. The molecule has 0 bridgehead atoms. The Hall–Kier alpha value is -1.25. The van der Waals surface area contributed by atoms with Gasteiger partial charge >= 0.3 is 5.97 Å². The molecule has 3 rings (SSSR count). The van der Waals surface area contributed by atoms with Crippen LogP contribution in [0.2, 0.25) is 0 Å². The molecule has 0 amide bonds. The Bertz CT molecular complexity index is 411. The first kappa shape index (κ1) is 15.8. The van der Waals surface area contributed by atoms with Gasteiger partial charge < -0.3 is 4.74 Å². The van der Waals surface area contributed by atoms with Gasteiger partial charge in [-0.15, -0.1) is 0 Å². The van der Waals surface area contributed by atoms with E-state index in [9.17, 15) is 4.79 Å². The van der Waals surface area contributed by atoms with Crippen molar-refractivity contribution in [1.29, 1.82) is 0 Å². The molecule has 2 aliphatic rings. The number of fused-ring (bicyclic) bond motifs is 1. The summed E-state index contributed by atoms with van der Waals surface area (Å²) in [6.45, 7) is 3.80. The van der Waals surface area contributed by atoms with Gasteiger partial charge in [0.05, 0.1) is 5.56 Å². The molecule has 3 radical (unpaired) electrons. The standard InChI is InChI=1S/C10H10O2.C6H12.B/c1-10(2)8-6-4-3-5-7(8)9(11)12-10;1-2-4-6-5-3-1;/h3-6H,1-2H3;1-6H2;. The van der Waals surface area contributed by atoms with E-state index in [2.05, 4.69) is 0 Å². The van der Waals surface area contributed by atoms with Crippen molar-refractivity contribution in [3.05, 3.63) is 35.4 Å². The lowest BCUT2D eigenvalue weighted by atomic mass is 9.96. The number of hydrogen-bond acceptors (Lipinski definition) is 2. The van der Waals surface area contributed by atoms with Gasteiger partial charge in [0.15, 0.2) is 0 Å². The van der Waals surface area contributed by atoms with Crippen LogP contribution in [0.1, 0.15) is 68.3 Å². The second-order valence-electron chi connectivity index (χ2n) is 5.57. The Morgan fingerprint density at radius 2 is 1.42 bits per heavy atom. The molecule has 0 saturated heterocycles. The van der Waals surface area contributed by atoms with Crippen molar-refractivity contribution in [3.63, 3.8) is 0 Å². The Kier molecular flexibility index (Phi) is 5.65. The van der Waals surface area contributed by atoms with E-state index < -0.39 is 5.60 Å². The van der Waals surface area contributed by atoms with E-state index in [-0.39, 0.29) is 14.4 Å². The largest absolute Gasteiger partial charge is 0.451 e. The molecule has 0 aromatic heterocycles. The van der Waals surface area contributed by atoms with Crippen molar-refractivity contribution >= 4 is 14.4 Å². The second-order valence-corrected chi connectivity index (χ2v) is 5.57. The fourth-order valence-electron chi connectivity index (χ4n) is 2.59. The molecule has 0 N–H and O–H groups in total. The van der Waals surface area contributed by atoms with Crippen LogP contribution < -0.4 is 0 Å². The lowest BCUT2D eigenvalue weighted by molar-refractivity contribution is 0.00954. The molecule has 2 nitrogen and oxygen atoms in total. The number of ether oxygens (including phenoxy) is 1. The summed E-state index contributed by atoms with van der Waals surface area (Å²) in [5, 5.41) is 0. The Balaban J connectivity index is 0.000000220. The van der Waals surface area contributed by atoms with Gasteiger partial charge in [0.1, 0.15) is 5.60 Å². The van der Waals surface area contributed by atoms with Gasteiger partial charge in [-0.1, -0.05) is 56.7 Å². The highest BCUT2D eigenvalue weighted by Gasteiger charge is 2.36. The predicted molar refractivity (Wildman–Crippen MR) is 78.3 cm³/mol. The van der Waals surface area contributed by atoms with E-state index in [4.69, 9.17) is 4.74 Å². The highest BCUT2D eigenvalue weighted by molar-refractivity contribution is 5.94. The summed E-state index contributed by atoms with van der Waals surface area (Å²) in [4.78, 5) is 11.3. The minimum Gasteiger partial charge on any atom is -0.451 e. The van der Waals surface area contributed by atoms with Crippen LogP contribution in [0, 0.1) is 0 Å². The van der Waals surface area contributed by atoms with Crippen LogP contribution in [0.5, 0.6) is 0 Å². The van der Waals surface area contributed by atoms with Crippen molar-refractivity contribution in [2.24, 2.45) is 0 Å². The maximum Gasteiger partial charge on any atom is 0.339 e. The molecule has 1 aromatic carbocycles. The number of benzene rings is 1. The third kappa shape index (κ3) is 3.86. The maximum absolute atomic E-state index is 11.3. The molecule has 1 saturated carbocycles. The van der Waals surface area contributed by atoms with Crippen LogP contribution in [0.4, 0.5) is 0 Å². The van der Waals surface area contributed by atoms with Gasteiger partial charge in [0.2, 0.25) is 0 Å². The van der Waals surface area contributed by atoms with Crippen LogP contribution >= 0.6 is 0 Å². The highest BCUT2D eigenvalue weighted by atomic mass is 16.6. The zero-order valence-electron chi connectivity index (χ0n) is 11.9. The smallest absolute Gasteiger partial charge is 0.339 e. The van der Waals surface area contributed by atoms with Crippen LogP contribution in [-0.2, 0) is 10.3 Å².